The van der Waals surface area contributed by atoms with Crippen molar-refractivity contribution < 1.29 is 0 Å². The van der Waals surface area contributed by atoms with E-state index in [1.54, 1.807) is 12.4 Å². The zero-order valence-corrected chi connectivity index (χ0v) is 15.3. The molecule has 1 aliphatic rings. The second kappa shape index (κ2) is 6.59. The van der Waals surface area contributed by atoms with Crippen molar-refractivity contribution in [2.75, 3.05) is 6.54 Å². The highest BCUT2D eigenvalue weighted by Crippen LogP contribution is 2.24. The van der Waals surface area contributed by atoms with Crippen molar-refractivity contribution in [3.05, 3.63) is 78.0 Å². The molecule has 0 aliphatic carbocycles. The number of hydrogen-bond acceptors (Lipinski definition) is 4. The van der Waals surface area contributed by atoms with Crippen molar-refractivity contribution in [1.29, 1.82) is 0 Å². The van der Waals surface area contributed by atoms with E-state index in [1.807, 2.05) is 18.3 Å². The first-order valence-electron chi connectivity index (χ1n) is 9.29. The van der Waals surface area contributed by atoms with Crippen LogP contribution < -0.4 is 0 Å². The molecule has 27 heavy (non-hydrogen) atoms. The molecular formula is C22H21N5. The van der Waals surface area contributed by atoms with Crippen LogP contribution in [-0.4, -0.2) is 31.0 Å². The number of para-hydroxylation sites is 1. The van der Waals surface area contributed by atoms with Gasteiger partial charge >= 0.3 is 0 Å². The fourth-order valence-electron chi connectivity index (χ4n) is 3.86. The summed E-state index contributed by atoms with van der Waals surface area (Å²) in [7, 11) is 2.15. The number of hydrogen-bond donors (Lipinski definition) is 0. The van der Waals surface area contributed by atoms with Crippen molar-refractivity contribution in [3.63, 3.8) is 0 Å². The van der Waals surface area contributed by atoms with Crippen LogP contribution in [0.2, 0.25) is 0 Å². The molecule has 5 heteroatoms. The van der Waals surface area contributed by atoms with Gasteiger partial charge in [-0.3, -0.25) is 9.88 Å². The molecule has 1 aromatic carbocycles. The Bertz CT molecular complexity index is 1100. The maximum Gasteiger partial charge on any atom is 0.159 e. The van der Waals surface area contributed by atoms with Gasteiger partial charge in [-0.05, 0) is 41.6 Å². The molecule has 5 rings (SSSR count). The first-order chi connectivity index (χ1) is 13.3. The average Bonchev–Trinajstić information content (AvgIpc) is 3.04. The fourth-order valence-corrected chi connectivity index (χ4v) is 3.86. The minimum atomic E-state index is 0.780. The van der Waals surface area contributed by atoms with Gasteiger partial charge in [0.2, 0.25) is 0 Å². The van der Waals surface area contributed by atoms with E-state index in [0.717, 1.165) is 43.1 Å². The highest BCUT2D eigenvalue weighted by molar-refractivity contribution is 5.81. The number of benzene rings is 1. The summed E-state index contributed by atoms with van der Waals surface area (Å²) in [6.07, 6.45) is 6.55. The molecule has 134 valence electrons. The van der Waals surface area contributed by atoms with Crippen molar-refractivity contribution in [1.82, 2.24) is 24.4 Å². The molecule has 0 saturated carbocycles. The predicted molar refractivity (Wildman–Crippen MR) is 106 cm³/mol. The molecule has 3 aromatic heterocycles. The summed E-state index contributed by atoms with van der Waals surface area (Å²) in [5.74, 6) is 0.780. The zero-order chi connectivity index (χ0) is 18.2. The SMILES string of the molecule is Cn1c(CN2CCc3cnc(-c4ccncc4)nc3C2)cc2ccccc21. The molecule has 0 N–H and O–H groups in total. The van der Waals surface area contributed by atoms with E-state index in [1.165, 1.54) is 22.2 Å². The van der Waals surface area contributed by atoms with E-state index in [9.17, 15) is 0 Å². The van der Waals surface area contributed by atoms with E-state index < -0.39 is 0 Å². The molecule has 0 atom stereocenters. The molecule has 0 saturated heterocycles. The third-order valence-electron chi connectivity index (χ3n) is 5.40. The number of fused-ring (bicyclic) bond motifs is 2. The largest absolute Gasteiger partial charge is 0.346 e. The summed E-state index contributed by atoms with van der Waals surface area (Å²) in [5, 5.41) is 1.30. The lowest BCUT2D eigenvalue weighted by Crippen LogP contribution is -2.31. The smallest absolute Gasteiger partial charge is 0.159 e. The summed E-state index contributed by atoms with van der Waals surface area (Å²) >= 11 is 0. The lowest BCUT2D eigenvalue weighted by atomic mass is 10.1. The normalized spacial score (nSPS) is 14.4. The van der Waals surface area contributed by atoms with Gasteiger partial charge in [-0.2, -0.15) is 0 Å². The van der Waals surface area contributed by atoms with Crippen LogP contribution in [0.25, 0.3) is 22.3 Å². The van der Waals surface area contributed by atoms with Gasteiger partial charge in [0.15, 0.2) is 5.82 Å². The van der Waals surface area contributed by atoms with E-state index in [0.29, 0.717) is 0 Å². The van der Waals surface area contributed by atoms with Crippen LogP contribution >= 0.6 is 0 Å². The molecular weight excluding hydrogens is 334 g/mol. The number of aryl methyl sites for hydroxylation is 1. The van der Waals surface area contributed by atoms with Crippen LogP contribution in [0.4, 0.5) is 0 Å². The van der Waals surface area contributed by atoms with Crippen LogP contribution in [0.1, 0.15) is 17.0 Å². The van der Waals surface area contributed by atoms with Gasteiger partial charge in [-0.1, -0.05) is 18.2 Å². The molecule has 4 aromatic rings. The Morgan fingerprint density at radius 2 is 1.93 bits per heavy atom. The third kappa shape index (κ3) is 3.00. The average molecular weight is 355 g/mol. The molecule has 0 radical (unpaired) electrons. The predicted octanol–water partition coefficient (Wildman–Crippen LogP) is 3.59. The van der Waals surface area contributed by atoms with Crippen LogP contribution in [0.5, 0.6) is 0 Å². The van der Waals surface area contributed by atoms with Crippen molar-refractivity contribution in [3.8, 4) is 11.4 Å². The van der Waals surface area contributed by atoms with Crippen LogP contribution in [0.3, 0.4) is 0 Å². The quantitative estimate of drug-likeness (QED) is 0.563. The molecule has 5 nitrogen and oxygen atoms in total. The second-order valence-electron chi connectivity index (χ2n) is 7.12. The number of nitrogens with zero attached hydrogens (tertiary/aromatic N) is 5. The standard InChI is InChI=1S/C22H21N5/c1-26-19(12-17-4-2-3-5-21(17)26)14-27-11-8-18-13-24-22(25-20(18)15-27)16-6-9-23-10-7-16/h2-7,9-10,12-13H,8,11,14-15H2,1H3. The van der Waals surface area contributed by atoms with E-state index in [2.05, 4.69) is 56.8 Å². The van der Waals surface area contributed by atoms with Gasteiger partial charge in [0.25, 0.3) is 0 Å². The Labute approximate surface area is 158 Å². The summed E-state index contributed by atoms with van der Waals surface area (Å²) in [4.78, 5) is 16.0. The molecule has 0 bridgehead atoms. The van der Waals surface area contributed by atoms with Crippen molar-refractivity contribution in [2.45, 2.75) is 19.5 Å². The van der Waals surface area contributed by atoms with Gasteiger partial charge < -0.3 is 4.57 Å². The van der Waals surface area contributed by atoms with Crippen LogP contribution in [0.15, 0.2) is 61.1 Å². The molecule has 4 heterocycles. The minimum Gasteiger partial charge on any atom is -0.346 e. The first kappa shape index (κ1) is 16.1. The highest BCUT2D eigenvalue weighted by atomic mass is 15.2. The van der Waals surface area contributed by atoms with Gasteiger partial charge in [-0.25, -0.2) is 9.97 Å². The number of aromatic nitrogens is 4. The maximum absolute atomic E-state index is 4.85. The van der Waals surface area contributed by atoms with E-state index in [4.69, 9.17) is 4.98 Å². The Balaban J connectivity index is 1.41. The Kier molecular flexibility index (Phi) is 3.94. The lowest BCUT2D eigenvalue weighted by Gasteiger charge is -2.28. The van der Waals surface area contributed by atoms with Gasteiger partial charge in [0.1, 0.15) is 0 Å². The Hall–Kier alpha value is -3.05. The first-order valence-corrected chi connectivity index (χ1v) is 9.29. The third-order valence-corrected chi connectivity index (χ3v) is 5.40. The van der Waals surface area contributed by atoms with Crippen LogP contribution in [-0.2, 0) is 26.6 Å². The van der Waals surface area contributed by atoms with Crippen molar-refractivity contribution >= 4 is 10.9 Å². The second-order valence-corrected chi connectivity index (χ2v) is 7.12. The van der Waals surface area contributed by atoms with Crippen molar-refractivity contribution in [2.24, 2.45) is 7.05 Å². The summed E-state index contributed by atoms with van der Waals surface area (Å²) in [5.41, 5.74) is 6.04. The Morgan fingerprint density at radius 1 is 1.07 bits per heavy atom. The topological polar surface area (TPSA) is 46.8 Å². The van der Waals surface area contributed by atoms with Gasteiger partial charge in [0, 0.05) is 62.0 Å². The van der Waals surface area contributed by atoms with E-state index >= 15 is 0 Å². The van der Waals surface area contributed by atoms with Crippen LogP contribution in [0, 0.1) is 0 Å². The number of rotatable bonds is 3. The van der Waals surface area contributed by atoms with E-state index in [-0.39, 0.29) is 0 Å². The maximum atomic E-state index is 4.85. The molecule has 0 spiro atoms. The summed E-state index contributed by atoms with van der Waals surface area (Å²) in [6, 6.07) is 14.8. The molecule has 0 amide bonds. The number of pyridine rings is 1. The summed E-state index contributed by atoms with van der Waals surface area (Å²) in [6.45, 7) is 2.82. The lowest BCUT2D eigenvalue weighted by molar-refractivity contribution is 0.236. The molecule has 1 aliphatic heterocycles. The summed E-state index contributed by atoms with van der Waals surface area (Å²) < 4.78 is 2.30. The van der Waals surface area contributed by atoms with Gasteiger partial charge in [-0.15, -0.1) is 0 Å². The fraction of sp³-hybridized carbons (Fsp3) is 0.227. The minimum absolute atomic E-state index is 0.780. The molecule has 0 unspecified atom stereocenters. The Morgan fingerprint density at radius 3 is 2.78 bits per heavy atom. The van der Waals surface area contributed by atoms with Gasteiger partial charge in [0.05, 0.1) is 5.69 Å². The highest BCUT2D eigenvalue weighted by Gasteiger charge is 2.20. The monoisotopic (exact) mass is 355 g/mol. The molecule has 0 fully saturated rings. The zero-order valence-electron chi connectivity index (χ0n) is 15.3.